The predicted octanol–water partition coefficient (Wildman–Crippen LogP) is 3.03. The Hall–Kier alpha value is -2.59. The van der Waals surface area contributed by atoms with Crippen molar-refractivity contribution in [2.45, 2.75) is 42.5 Å². The third-order valence-electron chi connectivity index (χ3n) is 5.87. The standard InChI is InChI=1S/C20H21N3O3S/c1-22(20(14-21)11-3-2-4-12-20)18(24)13-23-16-9-5-7-15-8-6-10-17(19(15)16)27(23,25)26/h5-10H,2-4,11-13H2,1H3. The molecule has 4 rings (SSSR count). The van der Waals surface area contributed by atoms with Crippen molar-refractivity contribution in [2.24, 2.45) is 0 Å². The Morgan fingerprint density at radius 2 is 1.85 bits per heavy atom. The van der Waals surface area contributed by atoms with Gasteiger partial charge in [-0.1, -0.05) is 43.5 Å². The molecule has 0 N–H and O–H groups in total. The maximum Gasteiger partial charge on any atom is 0.265 e. The van der Waals surface area contributed by atoms with Gasteiger partial charge in [0.15, 0.2) is 0 Å². The quantitative estimate of drug-likeness (QED) is 0.816. The first kappa shape index (κ1) is 17.8. The molecule has 1 aliphatic carbocycles. The van der Waals surface area contributed by atoms with Gasteiger partial charge in [-0.3, -0.25) is 9.10 Å². The molecular weight excluding hydrogens is 362 g/mol. The number of hydrogen-bond acceptors (Lipinski definition) is 4. The molecule has 1 heterocycles. The molecule has 0 spiro atoms. The minimum absolute atomic E-state index is 0.235. The van der Waals surface area contributed by atoms with Gasteiger partial charge in [0, 0.05) is 12.4 Å². The minimum Gasteiger partial charge on any atom is -0.325 e. The van der Waals surface area contributed by atoms with Crippen molar-refractivity contribution in [1.82, 2.24) is 4.90 Å². The Bertz CT molecular complexity index is 1060. The minimum atomic E-state index is -3.78. The number of nitriles is 1. The van der Waals surface area contributed by atoms with Crippen LogP contribution in [0.15, 0.2) is 41.3 Å². The second kappa shape index (κ2) is 6.24. The summed E-state index contributed by atoms with van der Waals surface area (Å²) < 4.78 is 27.3. The molecule has 1 aliphatic heterocycles. The molecule has 0 radical (unpaired) electrons. The van der Waals surface area contributed by atoms with Crippen LogP contribution >= 0.6 is 0 Å². The summed E-state index contributed by atoms with van der Waals surface area (Å²) in [5.74, 6) is -0.355. The van der Waals surface area contributed by atoms with Crippen molar-refractivity contribution >= 4 is 32.4 Å². The smallest absolute Gasteiger partial charge is 0.265 e. The maximum absolute atomic E-state index is 13.0. The van der Waals surface area contributed by atoms with E-state index in [0.29, 0.717) is 23.9 Å². The zero-order chi connectivity index (χ0) is 19.2. The summed E-state index contributed by atoms with van der Waals surface area (Å²) in [5.41, 5.74) is -0.308. The molecule has 27 heavy (non-hydrogen) atoms. The lowest BCUT2D eigenvalue weighted by Crippen LogP contribution is -2.53. The number of benzene rings is 2. The molecule has 0 atom stereocenters. The summed E-state index contributed by atoms with van der Waals surface area (Å²) >= 11 is 0. The van der Waals surface area contributed by atoms with E-state index in [1.54, 1.807) is 31.3 Å². The van der Waals surface area contributed by atoms with Gasteiger partial charge >= 0.3 is 0 Å². The van der Waals surface area contributed by atoms with Crippen LogP contribution in [0.5, 0.6) is 0 Å². The number of hydrogen-bond donors (Lipinski definition) is 0. The van der Waals surface area contributed by atoms with Gasteiger partial charge in [0.1, 0.15) is 12.1 Å². The second-order valence-corrected chi connectivity index (χ2v) is 9.13. The van der Waals surface area contributed by atoms with Gasteiger partial charge in [-0.15, -0.1) is 0 Å². The van der Waals surface area contributed by atoms with Gasteiger partial charge in [-0.25, -0.2) is 8.42 Å². The Morgan fingerprint density at radius 1 is 1.19 bits per heavy atom. The Morgan fingerprint density at radius 3 is 2.52 bits per heavy atom. The van der Waals surface area contributed by atoms with E-state index in [4.69, 9.17) is 0 Å². The van der Waals surface area contributed by atoms with Crippen LogP contribution < -0.4 is 4.31 Å². The van der Waals surface area contributed by atoms with Crippen molar-refractivity contribution in [1.29, 1.82) is 5.26 Å². The Balaban J connectivity index is 1.68. The van der Waals surface area contributed by atoms with E-state index in [0.717, 1.165) is 24.6 Å². The van der Waals surface area contributed by atoms with Gasteiger partial charge in [-0.05, 0) is 30.4 Å². The molecule has 7 heteroatoms. The zero-order valence-electron chi connectivity index (χ0n) is 15.2. The summed E-state index contributed by atoms with van der Waals surface area (Å²) in [5, 5.41) is 11.2. The third-order valence-corrected chi connectivity index (χ3v) is 7.67. The highest BCUT2D eigenvalue weighted by molar-refractivity contribution is 7.93. The highest BCUT2D eigenvalue weighted by atomic mass is 32.2. The highest BCUT2D eigenvalue weighted by Gasteiger charge is 2.42. The maximum atomic E-state index is 13.0. The van der Waals surface area contributed by atoms with Crippen LogP contribution in [0.3, 0.4) is 0 Å². The first-order valence-corrected chi connectivity index (χ1v) is 10.6. The molecule has 0 unspecified atom stereocenters. The Kier molecular flexibility index (Phi) is 4.11. The van der Waals surface area contributed by atoms with E-state index in [1.807, 2.05) is 12.1 Å². The number of likely N-dealkylation sites (N-methyl/N-ethyl adjacent to an activating group) is 1. The summed E-state index contributed by atoms with van der Waals surface area (Å²) in [6.07, 6.45) is 4.13. The molecule has 140 valence electrons. The fraction of sp³-hybridized carbons (Fsp3) is 0.400. The molecule has 2 aromatic rings. The van der Waals surface area contributed by atoms with E-state index in [9.17, 15) is 18.5 Å². The van der Waals surface area contributed by atoms with Gasteiger partial charge in [0.05, 0.1) is 16.7 Å². The van der Waals surface area contributed by atoms with E-state index < -0.39 is 15.6 Å². The summed E-state index contributed by atoms with van der Waals surface area (Å²) in [4.78, 5) is 14.7. The van der Waals surface area contributed by atoms with Gasteiger partial charge in [-0.2, -0.15) is 5.26 Å². The second-order valence-electron chi connectivity index (χ2n) is 7.30. The van der Waals surface area contributed by atoms with Crippen LogP contribution in [-0.2, 0) is 14.8 Å². The molecule has 1 saturated carbocycles. The van der Waals surface area contributed by atoms with Crippen LogP contribution in [0.25, 0.3) is 10.8 Å². The van der Waals surface area contributed by atoms with Crippen LogP contribution in [0, 0.1) is 11.3 Å². The average molecular weight is 383 g/mol. The fourth-order valence-corrected chi connectivity index (χ4v) is 5.91. The summed E-state index contributed by atoms with van der Waals surface area (Å²) in [6, 6.07) is 12.9. The van der Waals surface area contributed by atoms with Crippen molar-refractivity contribution in [3.63, 3.8) is 0 Å². The number of carbonyl (C=O) groups is 1. The summed E-state index contributed by atoms with van der Waals surface area (Å²) in [7, 11) is -2.16. The molecule has 2 aromatic carbocycles. The molecule has 1 fully saturated rings. The molecule has 2 aliphatic rings. The number of sulfonamides is 1. The monoisotopic (exact) mass is 383 g/mol. The van der Waals surface area contributed by atoms with Gasteiger partial charge in [0.2, 0.25) is 5.91 Å². The number of anilines is 1. The topological polar surface area (TPSA) is 81.5 Å². The lowest BCUT2D eigenvalue weighted by atomic mass is 9.81. The fourth-order valence-electron chi connectivity index (χ4n) is 4.25. The number of nitrogens with zero attached hydrogens (tertiary/aromatic N) is 3. The molecule has 6 nitrogen and oxygen atoms in total. The lowest BCUT2D eigenvalue weighted by Gasteiger charge is -2.39. The van der Waals surface area contributed by atoms with Gasteiger partial charge in [0.25, 0.3) is 10.0 Å². The number of rotatable bonds is 3. The van der Waals surface area contributed by atoms with Crippen molar-refractivity contribution in [2.75, 3.05) is 17.9 Å². The zero-order valence-corrected chi connectivity index (χ0v) is 16.0. The first-order chi connectivity index (χ1) is 12.9. The predicted molar refractivity (Wildman–Crippen MR) is 103 cm³/mol. The number of carbonyl (C=O) groups excluding carboxylic acids is 1. The molecule has 0 bridgehead atoms. The molecule has 1 amide bonds. The third kappa shape index (κ3) is 2.59. The highest BCUT2D eigenvalue weighted by Crippen LogP contribution is 2.42. The van der Waals surface area contributed by atoms with Crippen molar-refractivity contribution in [3.05, 3.63) is 36.4 Å². The Labute approximate surface area is 159 Å². The van der Waals surface area contributed by atoms with Crippen LogP contribution in [0.4, 0.5) is 5.69 Å². The normalized spacial score (nSPS) is 19.6. The van der Waals surface area contributed by atoms with Crippen LogP contribution in [-0.4, -0.2) is 38.4 Å². The average Bonchev–Trinajstić information content (AvgIpc) is 2.91. The molecular formula is C20H21N3O3S. The van der Waals surface area contributed by atoms with E-state index in [-0.39, 0.29) is 17.3 Å². The molecule has 0 saturated heterocycles. The van der Waals surface area contributed by atoms with E-state index in [2.05, 4.69) is 6.07 Å². The van der Waals surface area contributed by atoms with Gasteiger partial charge < -0.3 is 4.90 Å². The van der Waals surface area contributed by atoms with Crippen molar-refractivity contribution < 1.29 is 13.2 Å². The SMILES string of the molecule is CN(C(=O)CN1c2cccc3cccc(c23)S1(=O)=O)C1(C#N)CCCCC1. The van der Waals surface area contributed by atoms with Crippen molar-refractivity contribution in [3.8, 4) is 6.07 Å². The molecule has 0 aromatic heterocycles. The van der Waals surface area contributed by atoms with Crippen LogP contribution in [0.2, 0.25) is 0 Å². The summed E-state index contributed by atoms with van der Waals surface area (Å²) in [6.45, 7) is -0.296. The van der Waals surface area contributed by atoms with E-state index >= 15 is 0 Å². The van der Waals surface area contributed by atoms with E-state index in [1.165, 1.54) is 9.21 Å². The largest absolute Gasteiger partial charge is 0.325 e. The lowest BCUT2D eigenvalue weighted by molar-refractivity contribution is -0.133. The number of amides is 1. The first-order valence-electron chi connectivity index (χ1n) is 9.13. The van der Waals surface area contributed by atoms with Crippen LogP contribution in [0.1, 0.15) is 32.1 Å².